The predicted molar refractivity (Wildman–Crippen MR) is 81.4 cm³/mol. The fraction of sp³-hybridized carbons (Fsp3) is 0.875. The Bertz CT molecular complexity index is 219. The molecule has 0 saturated heterocycles. The van der Waals surface area contributed by atoms with Crippen molar-refractivity contribution in [2.75, 3.05) is 13.2 Å². The first kappa shape index (κ1) is 19.6. The van der Waals surface area contributed by atoms with E-state index in [2.05, 4.69) is 19.1 Å². The second kappa shape index (κ2) is 15.0. The second-order valence-electron chi connectivity index (χ2n) is 5.23. The molecule has 0 fully saturated rings. The summed E-state index contributed by atoms with van der Waals surface area (Å²) in [5.74, 6) is 0. The number of rotatable bonds is 14. The van der Waals surface area contributed by atoms with E-state index >= 15 is 0 Å². The van der Waals surface area contributed by atoms with E-state index in [1.807, 2.05) is 0 Å². The van der Waals surface area contributed by atoms with Crippen molar-refractivity contribution in [1.82, 2.24) is 0 Å². The Morgan fingerprint density at radius 1 is 0.950 bits per heavy atom. The molecule has 120 valence electrons. The van der Waals surface area contributed by atoms with Gasteiger partial charge < -0.3 is 20.1 Å². The lowest BCUT2D eigenvalue weighted by Crippen LogP contribution is -2.24. The van der Waals surface area contributed by atoms with Gasteiger partial charge in [0.15, 0.2) is 6.29 Å². The highest BCUT2D eigenvalue weighted by atomic mass is 16.6. The monoisotopic (exact) mass is 288 g/mol. The van der Waals surface area contributed by atoms with Crippen LogP contribution in [0.2, 0.25) is 0 Å². The second-order valence-corrected chi connectivity index (χ2v) is 5.23. The SMILES string of the molecule is CCC/C=C\CCCCCCCC(O)OC[C@H](O)CO. The Balaban J connectivity index is 3.23. The van der Waals surface area contributed by atoms with Crippen molar-refractivity contribution in [1.29, 1.82) is 0 Å². The molecule has 0 aromatic heterocycles. The molecule has 0 radical (unpaired) electrons. The van der Waals surface area contributed by atoms with E-state index in [4.69, 9.17) is 14.9 Å². The zero-order chi connectivity index (χ0) is 15.1. The van der Waals surface area contributed by atoms with Crippen LogP contribution in [0.15, 0.2) is 12.2 Å². The van der Waals surface area contributed by atoms with Crippen LogP contribution in [0.3, 0.4) is 0 Å². The minimum absolute atomic E-state index is 0.0121. The molecule has 4 nitrogen and oxygen atoms in total. The van der Waals surface area contributed by atoms with Gasteiger partial charge in [-0.15, -0.1) is 0 Å². The van der Waals surface area contributed by atoms with Crippen LogP contribution in [0, 0.1) is 0 Å². The van der Waals surface area contributed by atoms with Gasteiger partial charge in [-0.1, -0.05) is 44.8 Å². The Kier molecular flexibility index (Phi) is 14.7. The third-order valence-corrected chi connectivity index (χ3v) is 3.14. The molecule has 0 aliphatic rings. The average Bonchev–Trinajstić information content (AvgIpc) is 2.46. The Morgan fingerprint density at radius 3 is 2.30 bits per heavy atom. The Hall–Kier alpha value is -0.420. The molecule has 20 heavy (non-hydrogen) atoms. The fourth-order valence-electron chi connectivity index (χ4n) is 1.87. The van der Waals surface area contributed by atoms with Crippen LogP contribution in [-0.4, -0.2) is 40.9 Å². The third kappa shape index (κ3) is 14.0. The van der Waals surface area contributed by atoms with Gasteiger partial charge in [0.25, 0.3) is 0 Å². The quantitative estimate of drug-likeness (QED) is 0.261. The van der Waals surface area contributed by atoms with Crippen LogP contribution in [0.4, 0.5) is 0 Å². The summed E-state index contributed by atoms with van der Waals surface area (Å²) in [6.07, 6.45) is 12.7. The lowest BCUT2D eigenvalue weighted by atomic mass is 10.1. The molecule has 0 aliphatic heterocycles. The van der Waals surface area contributed by atoms with Crippen LogP contribution < -0.4 is 0 Å². The Labute approximate surface area is 123 Å². The van der Waals surface area contributed by atoms with Crippen LogP contribution in [0.25, 0.3) is 0 Å². The largest absolute Gasteiger partial charge is 0.394 e. The van der Waals surface area contributed by atoms with Crippen molar-refractivity contribution in [3.8, 4) is 0 Å². The van der Waals surface area contributed by atoms with E-state index in [0.29, 0.717) is 6.42 Å². The molecular weight excluding hydrogens is 256 g/mol. The number of hydrogen-bond acceptors (Lipinski definition) is 4. The number of aliphatic hydroxyl groups excluding tert-OH is 3. The maximum Gasteiger partial charge on any atom is 0.154 e. The van der Waals surface area contributed by atoms with Gasteiger partial charge in [0.05, 0.1) is 13.2 Å². The van der Waals surface area contributed by atoms with Crippen molar-refractivity contribution < 1.29 is 20.1 Å². The Morgan fingerprint density at radius 2 is 1.60 bits per heavy atom. The lowest BCUT2D eigenvalue weighted by Gasteiger charge is -2.13. The van der Waals surface area contributed by atoms with Gasteiger partial charge in [0.2, 0.25) is 0 Å². The molecule has 2 atom stereocenters. The molecule has 0 rings (SSSR count). The van der Waals surface area contributed by atoms with Crippen LogP contribution in [-0.2, 0) is 4.74 Å². The van der Waals surface area contributed by atoms with Gasteiger partial charge >= 0.3 is 0 Å². The summed E-state index contributed by atoms with van der Waals surface area (Å²) in [5, 5.41) is 27.1. The zero-order valence-corrected chi connectivity index (χ0v) is 12.8. The van der Waals surface area contributed by atoms with Gasteiger partial charge in [0.1, 0.15) is 6.10 Å². The standard InChI is InChI=1S/C16H32O4/c1-2-3-4-5-6-7-8-9-10-11-12-16(19)20-14-15(18)13-17/h4-5,15-19H,2-3,6-14H2,1H3/b5-4-/t15-,16?/m1/s1. The molecule has 0 spiro atoms. The van der Waals surface area contributed by atoms with Gasteiger partial charge in [-0.25, -0.2) is 0 Å². The first-order valence-corrected chi connectivity index (χ1v) is 7.94. The third-order valence-electron chi connectivity index (χ3n) is 3.14. The maximum atomic E-state index is 9.49. The van der Waals surface area contributed by atoms with Crippen molar-refractivity contribution in [2.24, 2.45) is 0 Å². The normalized spacial score (nSPS) is 14.8. The van der Waals surface area contributed by atoms with Crippen molar-refractivity contribution in [3.63, 3.8) is 0 Å². The highest BCUT2D eigenvalue weighted by Gasteiger charge is 2.07. The molecule has 0 aliphatic carbocycles. The molecule has 0 aromatic carbocycles. The fourth-order valence-corrected chi connectivity index (χ4v) is 1.87. The first-order chi connectivity index (χ1) is 9.70. The first-order valence-electron chi connectivity index (χ1n) is 7.94. The molecule has 4 heteroatoms. The average molecular weight is 288 g/mol. The summed E-state index contributed by atoms with van der Waals surface area (Å²) in [5.41, 5.74) is 0. The summed E-state index contributed by atoms with van der Waals surface area (Å²) in [4.78, 5) is 0. The molecule has 3 N–H and O–H groups in total. The predicted octanol–water partition coefficient (Wildman–Crippen LogP) is 2.76. The topological polar surface area (TPSA) is 69.9 Å². The van der Waals surface area contributed by atoms with Crippen LogP contribution >= 0.6 is 0 Å². The number of allylic oxidation sites excluding steroid dienone is 2. The number of ether oxygens (including phenoxy) is 1. The molecule has 0 heterocycles. The van der Waals surface area contributed by atoms with Crippen molar-refractivity contribution >= 4 is 0 Å². The summed E-state index contributed by atoms with van der Waals surface area (Å²) in [7, 11) is 0. The van der Waals surface area contributed by atoms with Crippen molar-refractivity contribution in [2.45, 2.75) is 77.1 Å². The van der Waals surface area contributed by atoms with E-state index in [1.54, 1.807) is 0 Å². The summed E-state index contributed by atoms with van der Waals surface area (Å²) in [6.45, 7) is 1.84. The summed E-state index contributed by atoms with van der Waals surface area (Å²) in [6, 6.07) is 0. The minimum atomic E-state index is -0.898. The smallest absolute Gasteiger partial charge is 0.154 e. The number of hydrogen-bond donors (Lipinski definition) is 3. The molecular formula is C16H32O4. The van der Waals surface area contributed by atoms with Gasteiger partial charge in [-0.2, -0.15) is 0 Å². The summed E-state index contributed by atoms with van der Waals surface area (Å²) < 4.78 is 5.01. The molecule has 0 saturated carbocycles. The van der Waals surface area contributed by atoms with Crippen molar-refractivity contribution in [3.05, 3.63) is 12.2 Å². The number of aliphatic hydroxyl groups is 3. The number of unbranched alkanes of at least 4 members (excludes halogenated alkanes) is 6. The summed E-state index contributed by atoms with van der Waals surface area (Å²) >= 11 is 0. The van der Waals surface area contributed by atoms with E-state index in [-0.39, 0.29) is 13.2 Å². The maximum absolute atomic E-state index is 9.49. The lowest BCUT2D eigenvalue weighted by molar-refractivity contribution is -0.130. The van der Waals surface area contributed by atoms with E-state index in [1.165, 1.54) is 38.5 Å². The highest BCUT2D eigenvalue weighted by molar-refractivity contribution is 4.80. The van der Waals surface area contributed by atoms with E-state index in [0.717, 1.165) is 12.8 Å². The van der Waals surface area contributed by atoms with Crippen LogP contribution in [0.1, 0.15) is 64.7 Å². The molecule has 0 bridgehead atoms. The van der Waals surface area contributed by atoms with Gasteiger partial charge in [-0.05, 0) is 32.1 Å². The van der Waals surface area contributed by atoms with Gasteiger partial charge in [-0.3, -0.25) is 0 Å². The van der Waals surface area contributed by atoms with E-state index in [9.17, 15) is 5.11 Å². The van der Waals surface area contributed by atoms with Crippen LogP contribution in [0.5, 0.6) is 0 Å². The zero-order valence-electron chi connectivity index (χ0n) is 12.8. The van der Waals surface area contributed by atoms with E-state index < -0.39 is 12.4 Å². The van der Waals surface area contributed by atoms with Gasteiger partial charge in [0, 0.05) is 0 Å². The molecule has 0 amide bonds. The highest BCUT2D eigenvalue weighted by Crippen LogP contribution is 2.10. The minimum Gasteiger partial charge on any atom is -0.394 e. The molecule has 1 unspecified atom stereocenters. The molecule has 0 aromatic rings.